The van der Waals surface area contributed by atoms with Crippen LogP contribution in [-0.4, -0.2) is 58.0 Å². The van der Waals surface area contributed by atoms with Gasteiger partial charge in [-0.25, -0.2) is 0 Å². The van der Waals surface area contributed by atoms with Gasteiger partial charge < -0.3 is 9.80 Å². The molecular formula is C22H32N4O2. The summed E-state index contributed by atoms with van der Waals surface area (Å²) >= 11 is 0. The second kappa shape index (κ2) is 7.20. The largest absolute Gasteiger partial charge is 0.342 e. The Kier molecular flexibility index (Phi) is 4.68. The van der Waals surface area contributed by atoms with Gasteiger partial charge in [-0.1, -0.05) is 0 Å². The first-order chi connectivity index (χ1) is 13.6. The van der Waals surface area contributed by atoms with Gasteiger partial charge in [-0.2, -0.15) is 5.10 Å². The normalized spacial score (nSPS) is 27.5. The molecule has 2 amide bonds. The van der Waals surface area contributed by atoms with E-state index in [4.69, 9.17) is 0 Å². The maximum atomic E-state index is 13.2. The Morgan fingerprint density at radius 1 is 1.14 bits per heavy atom. The summed E-state index contributed by atoms with van der Waals surface area (Å²) in [6.45, 7) is 3.22. The fourth-order valence-corrected chi connectivity index (χ4v) is 5.54. The van der Waals surface area contributed by atoms with Crippen LogP contribution in [0.1, 0.15) is 68.3 Å². The standard InChI is InChI=1S/C22H32N4O2/c27-20(9-8-19-17-4-1-2-5-18(17)23-24-19)26-13-11-22(15-26)10-3-12-25(21(22)28)14-16-6-7-16/h16H,1-15H2,(H,23,24)/t22-/m0/s1. The van der Waals surface area contributed by atoms with Gasteiger partial charge >= 0.3 is 0 Å². The van der Waals surface area contributed by atoms with E-state index >= 15 is 0 Å². The van der Waals surface area contributed by atoms with Crippen molar-refractivity contribution in [3.63, 3.8) is 0 Å². The molecule has 3 heterocycles. The number of piperidine rings is 1. The third-order valence-electron chi connectivity index (χ3n) is 7.42. The van der Waals surface area contributed by atoms with Gasteiger partial charge in [0.25, 0.3) is 0 Å². The summed E-state index contributed by atoms with van der Waals surface area (Å²) in [7, 11) is 0. The van der Waals surface area contributed by atoms with E-state index in [9.17, 15) is 9.59 Å². The zero-order valence-electron chi connectivity index (χ0n) is 16.8. The number of H-pyrrole nitrogens is 1. The van der Waals surface area contributed by atoms with Crippen molar-refractivity contribution in [2.24, 2.45) is 11.3 Å². The smallest absolute Gasteiger partial charge is 0.230 e. The molecule has 2 aliphatic heterocycles. The average molecular weight is 385 g/mol. The zero-order valence-corrected chi connectivity index (χ0v) is 16.8. The number of hydrogen-bond donors (Lipinski definition) is 1. The summed E-state index contributed by atoms with van der Waals surface area (Å²) in [5.41, 5.74) is 3.42. The molecule has 152 valence electrons. The Bertz CT molecular complexity index is 769. The molecule has 3 fully saturated rings. The SMILES string of the molecule is O=C(CCc1n[nH]c2c1CCCC2)N1CC[C@@]2(CCCN(CC3CC3)C2=O)C1. The molecule has 5 rings (SSSR count). The van der Waals surface area contributed by atoms with E-state index in [-0.39, 0.29) is 11.3 Å². The van der Waals surface area contributed by atoms with E-state index in [1.807, 2.05) is 4.90 Å². The van der Waals surface area contributed by atoms with Crippen molar-refractivity contribution in [1.82, 2.24) is 20.0 Å². The van der Waals surface area contributed by atoms with Crippen LogP contribution < -0.4 is 0 Å². The van der Waals surface area contributed by atoms with Gasteiger partial charge in [0.15, 0.2) is 0 Å². The van der Waals surface area contributed by atoms with Gasteiger partial charge in [0.2, 0.25) is 11.8 Å². The molecule has 2 saturated heterocycles. The van der Waals surface area contributed by atoms with Gasteiger partial charge in [-0.3, -0.25) is 14.7 Å². The molecule has 1 saturated carbocycles. The Labute approximate surface area is 167 Å². The minimum Gasteiger partial charge on any atom is -0.342 e. The van der Waals surface area contributed by atoms with Crippen molar-refractivity contribution >= 4 is 11.8 Å². The molecule has 0 radical (unpaired) electrons. The van der Waals surface area contributed by atoms with Gasteiger partial charge in [-0.05, 0) is 69.3 Å². The molecule has 2 aliphatic carbocycles. The molecular weight excluding hydrogens is 352 g/mol. The Balaban J connectivity index is 1.19. The number of nitrogens with one attached hydrogen (secondary N) is 1. The highest BCUT2D eigenvalue weighted by molar-refractivity contribution is 5.86. The highest BCUT2D eigenvalue weighted by Gasteiger charge is 2.49. The van der Waals surface area contributed by atoms with Crippen LogP contribution in [0.3, 0.4) is 0 Å². The summed E-state index contributed by atoms with van der Waals surface area (Å²) in [6, 6.07) is 0. The molecule has 28 heavy (non-hydrogen) atoms. The number of hydrogen-bond acceptors (Lipinski definition) is 3. The predicted molar refractivity (Wildman–Crippen MR) is 106 cm³/mol. The number of aromatic nitrogens is 2. The number of rotatable bonds is 5. The van der Waals surface area contributed by atoms with Crippen LogP contribution in [0, 0.1) is 11.3 Å². The first kappa shape index (κ1) is 18.2. The Morgan fingerprint density at radius 2 is 2.00 bits per heavy atom. The van der Waals surface area contributed by atoms with Crippen LogP contribution in [0.2, 0.25) is 0 Å². The van der Waals surface area contributed by atoms with Crippen LogP contribution >= 0.6 is 0 Å². The minimum atomic E-state index is -0.297. The summed E-state index contributed by atoms with van der Waals surface area (Å²) in [4.78, 5) is 30.1. The second-order valence-corrected chi connectivity index (χ2v) is 9.48. The van der Waals surface area contributed by atoms with Crippen LogP contribution in [0.15, 0.2) is 0 Å². The number of carbonyl (C=O) groups excluding carboxylic acids is 2. The van der Waals surface area contributed by atoms with Gasteiger partial charge in [0.05, 0.1) is 11.1 Å². The van der Waals surface area contributed by atoms with E-state index in [0.29, 0.717) is 18.9 Å². The molecule has 1 N–H and O–H groups in total. The topological polar surface area (TPSA) is 69.3 Å². The Morgan fingerprint density at radius 3 is 2.86 bits per heavy atom. The monoisotopic (exact) mass is 384 g/mol. The fourth-order valence-electron chi connectivity index (χ4n) is 5.54. The van der Waals surface area contributed by atoms with Crippen LogP contribution in [-0.2, 0) is 28.9 Å². The second-order valence-electron chi connectivity index (χ2n) is 9.48. The Hall–Kier alpha value is -1.85. The van der Waals surface area contributed by atoms with Gasteiger partial charge in [0.1, 0.15) is 0 Å². The molecule has 1 aromatic rings. The van der Waals surface area contributed by atoms with Crippen LogP contribution in [0.25, 0.3) is 0 Å². The lowest BCUT2D eigenvalue weighted by molar-refractivity contribution is -0.146. The van der Waals surface area contributed by atoms with Crippen molar-refractivity contribution in [1.29, 1.82) is 0 Å². The molecule has 0 aromatic carbocycles. The number of aryl methyl sites for hydroxylation is 2. The van der Waals surface area contributed by atoms with Crippen molar-refractivity contribution in [2.45, 2.75) is 70.6 Å². The lowest BCUT2D eigenvalue weighted by Crippen LogP contribution is -2.50. The molecule has 0 bridgehead atoms. The van der Waals surface area contributed by atoms with E-state index in [1.165, 1.54) is 36.9 Å². The number of likely N-dealkylation sites (tertiary alicyclic amines) is 2. The zero-order chi connectivity index (χ0) is 19.1. The molecule has 4 aliphatic rings. The summed E-state index contributed by atoms with van der Waals surface area (Å²) in [5, 5.41) is 7.65. The first-order valence-electron chi connectivity index (χ1n) is 11.3. The van der Waals surface area contributed by atoms with E-state index in [1.54, 1.807) is 0 Å². The maximum Gasteiger partial charge on any atom is 0.230 e. The number of amides is 2. The summed E-state index contributed by atoms with van der Waals surface area (Å²) in [5.74, 6) is 1.25. The maximum absolute atomic E-state index is 13.2. The lowest BCUT2D eigenvalue weighted by Gasteiger charge is -2.39. The minimum absolute atomic E-state index is 0.191. The van der Waals surface area contributed by atoms with Crippen molar-refractivity contribution < 1.29 is 9.59 Å². The number of nitrogens with zero attached hydrogens (tertiary/aromatic N) is 3. The lowest BCUT2D eigenvalue weighted by atomic mass is 9.78. The highest BCUT2D eigenvalue weighted by atomic mass is 16.2. The number of aromatic amines is 1. The average Bonchev–Trinajstić information content (AvgIpc) is 3.27. The van der Waals surface area contributed by atoms with Crippen LogP contribution in [0.4, 0.5) is 0 Å². The summed E-state index contributed by atoms with van der Waals surface area (Å²) in [6.07, 6.45) is 11.3. The first-order valence-corrected chi connectivity index (χ1v) is 11.3. The van der Waals surface area contributed by atoms with Gasteiger partial charge in [0, 0.05) is 44.7 Å². The quantitative estimate of drug-likeness (QED) is 0.848. The third kappa shape index (κ3) is 3.35. The fraction of sp³-hybridized carbons (Fsp3) is 0.773. The highest BCUT2D eigenvalue weighted by Crippen LogP contribution is 2.42. The van der Waals surface area contributed by atoms with Crippen molar-refractivity contribution in [2.75, 3.05) is 26.2 Å². The molecule has 1 spiro atoms. The van der Waals surface area contributed by atoms with Gasteiger partial charge in [-0.15, -0.1) is 0 Å². The van der Waals surface area contributed by atoms with E-state index < -0.39 is 0 Å². The molecule has 6 nitrogen and oxygen atoms in total. The molecule has 0 unspecified atom stereocenters. The molecule has 1 aromatic heterocycles. The van der Waals surface area contributed by atoms with Crippen molar-refractivity contribution in [3.05, 3.63) is 17.0 Å². The number of carbonyl (C=O) groups is 2. The van der Waals surface area contributed by atoms with Crippen molar-refractivity contribution in [3.8, 4) is 0 Å². The molecule has 6 heteroatoms. The predicted octanol–water partition coefficient (Wildman–Crippen LogP) is 2.47. The third-order valence-corrected chi connectivity index (χ3v) is 7.42. The molecule has 1 atom stereocenters. The van der Waals surface area contributed by atoms with E-state index in [0.717, 1.165) is 69.8 Å². The number of fused-ring (bicyclic) bond motifs is 1. The van der Waals surface area contributed by atoms with Crippen LogP contribution in [0.5, 0.6) is 0 Å². The van der Waals surface area contributed by atoms with E-state index in [2.05, 4.69) is 15.1 Å². The summed E-state index contributed by atoms with van der Waals surface area (Å²) < 4.78 is 0.